The molecule has 0 bridgehead atoms. The van der Waals surface area contributed by atoms with Gasteiger partial charge in [-0.2, -0.15) is 0 Å². The normalized spacial score (nSPS) is 12.7. The second-order valence-corrected chi connectivity index (χ2v) is 3.84. The van der Waals surface area contributed by atoms with Gasteiger partial charge in [0.1, 0.15) is 17.6 Å². The van der Waals surface area contributed by atoms with Crippen molar-refractivity contribution in [1.29, 1.82) is 0 Å². The maximum absolute atomic E-state index is 9.96. The Morgan fingerprint density at radius 3 is 2.33 bits per heavy atom. The van der Waals surface area contributed by atoms with Crippen molar-refractivity contribution >= 4 is 11.6 Å². The van der Waals surface area contributed by atoms with Crippen LogP contribution in [0.1, 0.15) is 23.2 Å². The summed E-state index contributed by atoms with van der Waals surface area (Å²) in [4.78, 5) is 0. The van der Waals surface area contributed by atoms with Crippen molar-refractivity contribution in [3.05, 3.63) is 58.5 Å². The second kappa shape index (κ2) is 4.09. The van der Waals surface area contributed by atoms with Crippen LogP contribution in [0, 0.1) is 6.92 Å². The van der Waals surface area contributed by atoms with E-state index in [1.807, 2.05) is 13.0 Å². The van der Waals surface area contributed by atoms with Crippen LogP contribution < -0.4 is 0 Å². The Bertz CT molecular complexity index is 445. The van der Waals surface area contributed by atoms with E-state index < -0.39 is 6.10 Å². The molecule has 0 aliphatic rings. The minimum Gasteiger partial charge on any atom is -0.463 e. The number of hydrogen-bond acceptors (Lipinski definition) is 2. The summed E-state index contributed by atoms with van der Waals surface area (Å²) in [6.45, 7) is 1.85. The second-order valence-electron chi connectivity index (χ2n) is 3.40. The molecular weight excluding hydrogens is 212 g/mol. The summed E-state index contributed by atoms with van der Waals surface area (Å²) < 4.78 is 5.35. The van der Waals surface area contributed by atoms with Gasteiger partial charge in [-0.05, 0) is 36.8 Å². The fourth-order valence-electron chi connectivity index (χ4n) is 1.41. The molecule has 1 aromatic carbocycles. The van der Waals surface area contributed by atoms with Crippen molar-refractivity contribution in [2.75, 3.05) is 0 Å². The number of aliphatic hydroxyl groups excluding tert-OH is 1. The van der Waals surface area contributed by atoms with Crippen molar-refractivity contribution in [2.24, 2.45) is 0 Å². The molecule has 0 aliphatic carbocycles. The van der Waals surface area contributed by atoms with Gasteiger partial charge >= 0.3 is 0 Å². The number of rotatable bonds is 2. The summed E-state index contributed by atoms with van der Waals surface area (Å²) in [5.41, 5.74) is 0.772. The Morgan fingerprint density at radius 2 is 1.80 bits per heavy atom. The van der Waals surface area contributed by atoms with E-state index in [2.05, 4.69) is 0 Å². The molecule has 0 radical (unpaired) electrons. The highest BCUT2D eigenvalue weighted by Gasteiger charge is 2.13. The standard InChI is InChI=1S/C12H11ClO2/c1-8-2-7-11(15-8)12(14)9-3-5-10(13)6-4-9/h2-7,12,14H,1H3. The zero-order valence-corrected chi connectivity index (χ0v) is 9.03. The number of furan rings is 1. The minimum atomic E-state index is -0.726. The number of benzene rings is 1. The Hall–Kier alpha value is -1.25. The molecule has 2 aromatic rings. The maximum Gasteiger partial charge on any atom is 0.137 e. The third-order valence-electron chi connectivity index (χ3n) is 2.22. The van der Waals surface area contributed by atoms with Gasteiger partial charge in [0.2, 0.25) is 0 Å². The summed E-state index contributed by atoms with van der Waals surface area (Å²) in [6, 6.07) is 10.7. The lowest BCUT2D eigenvalue weighted by atomic mass is 10.1. The molecule has 1 unspecified atom stereocenters. The Kier molecular flexibility index (Phi) is 2.80. The van der Waals surface area contributed by atoms with Crippen LogP contribution in [0.15, 0.2) is 40.8 Å². The van der Waals surface area contributed by atoms with E-state index in [1.165, 1.54) is 0 Å². The van der Waals surface area contributed by atoms with Gasteiger partial charge in [0, 0.05) is 5.02 Å². The third-order valence-corrected chi connectivity index (χ3v) is 2.47. The molecule has 1 heterocycles. The first-order chi connectivity index (χ1) is 7.16. The van der Waals surface area contributed by atoms with E-state index in [9.17, 15) is 5.11 Å². The lowest BCUT2D eigenvalue weighted by Crippen LogP contribution is -1.97. The highest BCUT2D eigenvalue weighted by atomic mass is 35.5. The summed E-state index contributed by atoms with van der Waals surface area (Å²) >= 11 is 5.76. The zero-order valence-electron chi connectivity index (χ0n) is 8.27. The SMILES string of the molecule is Cc1ccc(C(O)c2ccc(Cl)cc2)o1. The molecule has 1 aromatic heterocycles. The number of halogens is 1. The Balaban J connectivity index is 2.28. The predicted molar refractivity (Wildman–Crippen MR) is 59.0 cm³/mol. The fourth-order valence-corrected chi connectivity index (χ4v) is 1.54. The van der Waals surface area contributed by atoms with E-state index in [0.29, 0.717) is 10.8 Å². The van der Waals surface area contributed by atoms with Gasteiger partial charge in [-0.1, -0.05) is 23.7 Å². The number of aliphatic hydroxyl groups is 1. The molecule has 15 heavy (non-hydrogen) atoms. The van der Waals surface area contributed by atoms with Crippen molar-refractivity contribution in [2.45, 2.75) is 13.0 Å². The van der Waals surface area contributed by atoms with E-state index in [0.717, 1.165) is 11.3 Å². The monoisotopic (exact) mass is 222 g/mol. The number of hydrogen-bond donors (Lipinski definition) is 1. The molecule has 0 fully saturated rings. The summed E-state index contributed by atoms with van der Waals surface area (Å²) in [5.74, 6) is 1.34. The molecule has 0 saturated heterocycles. The minimum absolute atomic E-state index is 0.551. The molecule has 1 N–H and O–H groups in total. The third kappa shape index (κ3) is 2.22. The first-order valence-electron chi connectivity index (χ1n) is 4.66. The quantitative estimate of drug-likeness (QED) is 0.846. The summed E-state index contributed by atoms with van der Waals surface area (Å²) in [5, 5.41) is 10.6. The van der Waals surface area contributed by atoms with Crippen LogP contribution in [0.5, 0.6) is 0 Å². The molecule has 1 atom stereocenters. The van der Waals surface area contributed by atoms with Crippen LogP contribution in [0.3, 0.4) is 0 Å². The molecule has 78 valence electrons. The van der Waals surface area contributed by atoms with Crippen LogP contribution in [0.2, 0.25) is 5.02 Å². The Morgan fingerprint density at radius 1 is 1.13 bits per heavy atom. The van der Waals surface area contributed by atoms with Crippen LogP contribution in [-0.2, 0) is 0 Å². The molecule has 0 saturated carbocycles. The van der Waals surface area contributed by atoms with Crippen LogP contribution in [0.25, 0.3) is 0 Å². The first kappa shape index (κ1) is 10.3. The topological polar surface area (TPSA) is 33.4 Å². The molecule has 3 heteroatoms. The summed E-state index contributed by atoms with van der Waals surface area (Å²) in [6.07, 6.45) is -0.726. The van der Waals surface area contributed by atoms with Gasteiger partial charge in [0.05, 0.1) is 0 Å². The van der Waals surface area contributed by atoms with Crippen LogP contribution in [-0.4, -0.2) is 5.11 Å². The van der Waals surface area contributed by atoms with Crippen molar-refractivity contribution in [3.8, 4) is 0 Å². The lowest BCUT2D eigenvalue weighted by molar-refractivity contribution is 0.187. The van der Waals surface area contributed by atoms with Gasteiger partial charge in [-0.15, -0.1) is 0 Å². The molecular formula is C12H11ClO2. The Labute approximate surface area is 93.1 Å². The smallest absolute Gasteiger partial charge is 0.137 e. The van der Waals surface area contributed by atoms with Gasteiger partial charge in [0.15, 0.2) is 0 Å². The first-order valence-corrected chi connectivity index (χ1v) is 5.04. The molecule has 2 rings (SSSR count). The van der Waals surface area contributed by atoms with E-state index >= 15 is 0 Å². The fraction of sp³-hybridized carbons (Fsp3) is 0.167. The summed E-state index contributed by atoms with van der Waals surface area (Å²) in [7, 11) is 0. The predicted octanol–water partition coefficient (Wildman–Crippen LogP) is 3.32. The highest BCUT2D eigenvalue weighted by molar-refractivity contribution is 6.30. The maximum atomic E-state index is 9.96. The van der Waals surface area contributed by atoms with Crippen molar-refractivity contribution in [3.63, 3.8) is 0 Å². The average Bonchev–Trinajstić information content (AvgIpc) is 2.65. The highest BCUT2D eigenvalue weighted by Crippen LogP contribution is 2.24. The van der Waals surface area contributed by atoms with Gasteiger partial charge in [-0.3, -0.25) is 0 Å². The van der Waals surface area contributed by atoms with E-state index in [-0.39, 0.29) is 0 Å². The molecule has 0 spiro atoms. The van der Waals surface area contributed by atoms with Gasteiger partial charge < -0.3 is 9.52 Å². The lowest BCUT2D eigenvalue weighted by Gasteiger charge is -2.07. The van der Waals surface area contributed by atoms with Gasteiger partial charge in [-0.25, -0.2) is 0 Å². The number of aryl methyl sites for hydroxylation is 1. The zero-order chi connectivity index (χ0) is 10.8. The van der Waals surface area contributed by atoms with Crippen LogP contribution in [0.4, 0.5) is 0 Å². The van der Waals surface area contributed by atoms with Gasteiger partial charge in [0.25, 0.3) is 0 Å². The van der Waals surface area contributed by atoms with Crippen LogP contribution >= 0.6 is 11.6 Å². The van der Waals surface area contributed by atoms with E-state index in [4.69, 9.17) is 16.0 Å². The largest absolute Gasteiger partial charge is 0.463 e. The van der Waals surface area contributed by atoms with Crippen molar-refractivity contribution in [1.82, 2.24) is 0 Å². The molecule has 2 nitrogen and oxygen atoms in total. The van der Waals surface area contributed by atoms with Crippen molar-refractivity contribution < 1.29 is 9.52 Å². The molecule has 0 aliphatic heterocycles. The van der Waals surface area contributed by atoms with E-state index in [1.54, 1.807) is 30.3 Å². The average molecular weight is 223 g/mol. The molecule has 0 amide bonds.